The Labute approximate surface area is 126 Å². The average Bonchev–Trinajstić information content (AvgIpc) is 2.40. The fourth-order valence-electron chi connectivity index (χ4n) is 1.71. The van der Waals surface area contributed by atoms with Crippen LogP contribution in [0.15, 0.2) is 47.4 Å². The van der Waals surface area contributed by atoms with E-state index in [1.807, 2.05) is 0 Å². The van der Waals surface area contributed by atoms with Crippen LogP contribution in [0.25, 0.3) is 0 Å². The van der Waals surface area contributed by atoms with Gasteiger partial charge in [0.25, 0.3) is 0 Å². The molecule has 2 aromatic rings. The zero-order valence-electron chi connectivity index (χ0n) is 10.6. The van der Waals surface area contributed by atoms with Crippen LogP contribution in [0.5, 0.6) is 0 Å². The Morgan fingerprint density at radius 2 is 1.81 bits per heavy atom. The number of carboxylic acids is 1. The molecular formula is C13H11ClN2O4S. The van der Waals surface area contributed by atoms with Gasteiger partial charge in [0.1, 0.15) is 4.90 Å². The summed E-state index contributed by atoms with van der Waals surface area (Å²) in [5, 5.41) is 17.0. The molecule has 0 aliphatic heterocycles. The van der Waals surface area contributed by atoms with Crippen molar-refractivity contribution in [3.8, 4) is 0 Å². The number of halogens is 1. The molecule has 0 aromatic heterocycles. The quantitative estimate of drug-likeness (QED) is 0.799. The Hall–Kier alpha value is -2.09. The molecule has 2 aromatic carbocycles. The van der Waals surface area contributed by atoms with Crippen LogP contribution in [-0.2, 0) is 10.0 Å². The number of anilines is 2. The normalized spacial score (nSPS) is 11.1. The molecule has 0 atom stereocenters. The van der Waals surface area contributed by atoms with E-state index < -0.39 is 16.0 Å². The smallest absolute Gasteiger partial charge is 0.335 e. The third-order valence-electron chi connectivity index (χ3n) is 2.68. The van der Waals surface area contributed by atoms with Crippen molar-refractivity contribution >= 4 is 39.0 Å². The maximum Gasteiger partial charge on any atom is 0.335 e. The fourth-order valence-corrected chi connectivity index (χ4v) is 2.63. The van der Waals surface area contributed by atoms with Crippen molar-refractivity contribution < 1.29 is 18.3 Å². The predicted octanol–water partition coefficient (Wildman–Crippen LogP) is 2.43. The minimum atomic E-state index is -3.89. The summed E-state index contributed by atoms with van der Waals surface area (Å²) in [4.78, 5) is 10.8. The number of nitrogens with one attached hydrogen (secondary N) is 1. The third kappa shape index (κ3) is 3.52. The Kier molecular flexibility index (Phi) is 4.17. The first-order valence-electron chi connectivity index (χ1n) is 5.71. The van der Waals surface area contributed by atoms with Gasteiger partial charge in [0.05, 0.1) is 22.0 Å². The summed E-state index contributed by atoms with van der Waals surface area (Å²) < 4.78 is 23.0. The molecular weight excluding hydrogens is 316 g/mol. The molecule has 6 nitrogen and oxygen atoms in total. The van der Waals surface area contributed by atoms with Gasteiger partial charge in [-0.05, 0) is 30.3 Å². The predicted molar refractivity (Wildman–Crippen MR) is 79.5 cm³/mol. The van der Waals surface area contributed by atoms with Gasteiger partial charge in [-0.2, -0.15) is 0 Å². The summed E-state index contributed by atoms with van der Waals surface area (Å²) in [7, 11) is -3.89. The number of rotatable bonds is 4. The number of aromatic carboxylic acids is 1. The first kappa shape index (κ1) is 15.3. The molecule has 4 N–H and O–H groups in total. The highest BCUT2D eigenvalue weighted by Crippen LogP contribution is 2.29. The molecule has 0 unspecified atom stereocenters. The highest BCUT2D eigenvalue weighted by molar-refractivity contribution is 7.89. The summed E-state index contributed by atoms with van der Waals surface area (Å²) in [6.07, 6.45) is 0. The lowest BCUT2D eigenvalue weighted by Crippen LogP contribution is -2.14. The number of para-hydroxylation sites is 1. The second-order valence-electron chi connectivity index (χ2n) is 4.17. The van der Waals surface area contributed by atoms with Crippen LogP contribution in [0.3, 0.4) is 0 Å². The minimum absolute atomic E-state index is 0.0327. The maximum absolute atomic E-state index is 11.5. The van der Waals surface area contributed by atoms with E-state index >= 15 is 0 Å². The van der Waals surface area contributed by atoms with Crippen molar-refractivity contribution in [2.45, 2.75) is 4.90 Å². The molecule has 0 bridgehead atoms. The lowest BCUT2D eigenvalue weighted by molar-refractivity contribution is 0.0697. The Balaban J connectivity index is 2.42. The fraction of sp³-hybridized carbons (Fsp3) is 0. The van der Waals surface area contributed by atoms with E-state index in [4.69, 9.17) is 21.8 Å². The summed E-state index contributed by atoms with van der Waals surface area (Å²) in [5.41, 5.74) is 0.660. The molecule has 2 rings (SSSR count). The van der Waals surface area contributed by atoms with Crippen LogP contribution in [0.1, 0.15) is 10.4 Å². The number of primary sulfonamides is 1. The lowest BCUT2D eigenvalue weighted by atomic mass is 10.2. The molecule has 0 saturated carbocycles. The van der Waals surface area contributed by atoms with Crippen molar-refractivity contribution in [2.75, 3.05) is 5.32 Å². The van der Waals surface area contributed by atoms with E-state index in [2.05, 4.69) is 5.32 Å². The molecule has 0 amide bonds. The van der Waals surface area contributed by atoms with Crippen molar-refractivity contribution in [1.82, 2.24) is 0 Å². The lowest BCUT2D eigenvalue weighted by Gasteiger charge is -2.12. The molecule has 0 radical (unpaired) electrons. The van der Waals surface area contributed by atoms with Crippen LogP contribution >= 0.6 is 11.6 Å². The largest absolute Gasteiger partial charge is 0.478 e. The Bertz CT molecular complexity index is 806. The van der Waals surface area contributed by atoms with Crippen LogP contribution in [-0.4, -0.2) is 19.5 Å². The van der Waals surface area contributed by atoms with Gasteiger partial charge >= 0.3 is 5.97 Å². The minimum Gasteiger partial charge on any atom is -0.478 e. The van der Waals surface area contributed by atoms with Crippen LogP contribution < -0.4 is 10.5 Å². The van der Waals surface area contributed by atoms with Gasteiger partial charge in [-0.15, -0.1) is 0 Å². The van der Waals surface area contributed by atoms with Crippen molar-refractivity contribution in [3.05, 3.63) is 53.1 Å². The summed E-state index contributed by atoms with van der Waals surface area (Å²) in [6, 6.07) is 10.1. The SMILES string of the molecule is NS(=O)(=O)c1ccccc1Nc1ccc(C(=O)O)cc1Cl. The molecule has 8 heteroatoms. The zero-order valence-corrected chi connectivity index (χ0v) is 12.1. The molecule has 0 heterocycles. The highest BCUT2D eigenvalue weighted by atomic mass is 35.5. The van der Waals surface area contributed by atoms with E-state index in [9.17, 15) is 13.2 Å². The second kappa shape index (κ2) is 5.72. The molecule has 21 heavy (non-hydrogen) atoms. The number of carboxylic acid groups (broad SMARTS) is 1. The molecule has 0 aliphatic rings. The van der Waals surface area contributed by atoms with E-state index in [0.717, 1.165) is 0 Å². The number of hydrogen-bond acceptors (Lipinski definition) is 4. The number of sulfonamides is 1. The van der Waals surface area contributed by atoms with Gasteiger partial charge in [-0.25, -0.2) is 18.4 Å². The molecule has 0 aliphatic carbocycles. The van der Waals surface area contributed by atoms with E-state index in [-0.39, 0.29) is 21.2 Å². The number of benzene rings is 2. The van der Waals surface area contributed by atoms with E-state index in [1.54, 1.807) is 12.1 Å². The monoisotopic (exact) mass is 326 g/mol. The van der Waals surface area contributed by atoms with Crippen molar-refractivity contribution in [3.63, 3.8) is 0 Å². The first-order valence-corrected chi connectivity index (χ1v) is 7.63. The average molecular weight is 327 g/mol. The van der Waals surface area contributed by atoms with Crippen LogP contribution in [0.2, 0.25) is 5.02 Å². The zero-order chi connectivity index (χ0) is 15.6. The first-order chi connectivity index (χ1) is 9.79. The molecule has 0 saturated heterocycles. The number of hydrogen-bond donors (Lipinski definition) is 3. The van der Waals surface area contributed by atoms with Gasteiger partial charge in [0.15, 0.2) is 0 Å². The van der Waals surface area contributed by atoms with Crippen molar-refractivity contribution in [1.29, 1.82) is 0 Å². The van der Waals surface area contributed by atoms with Gasteiger partial charge in [-0.3, -0.25) is 0 Å². The van der Waals surface area contributed by atoms with Crippen LogP contribution in [0.4, 0.5) is 11.4 Å². The number of carbonyl (C=O) groups is 1. The van der Waals surface area contributed by atoms with Gasteiger partial charge < -0.3 is 10.4 Å². The van der Waals surface area contributed by atoms with Gasteiger partial charge in [0, 0.05) is 0 Å². The van der Waals surface area contributed by atoms with E-state index in [0.29, 0.717) is 5.69 Å². The molecule has 0 fully saturated rings. The topological polar surface area (TPSA) is 109 Å². The summed E-state index contributed by atoms with van der Waals surface area (Å²) >= 11 is 5.98. The molecule has 0 spiro atoms. The number of nitrogens with two attached hydrogens (primary N) is 1. The summed E-state index contributed by atoms with van der Waals surface area (Å²) in [5.74, 6) is -1.10. The van der Waals surface area contributed by atoms with Gasteiger partial charge in [0.2, 0.25) is 10.0 Å². The Morgan fingerprint density at radius 3 is 2.38 bits per heavy atom. The second-order valence-corrected chi connectivity index (χ2v) is 6.10. The van der Waals surface area contributed by atoms with Crippen molar-refractivity contribution in [2.24, 2.45) is 5.14 Å². The maximum atomic E-state index is 11.5. The van der Waals surface area contributed by atoms with Crippen LogP contribution in [0, 0.1) is 0 Å². The molecule has 110 valence electrons. The van der Waals surface area contributed by atoms with E-state index in [1.165, 1.54) is 30.3 Å². The third-order valence-corrected chi connectivity index (χ3v) is 3.96. The Morgan fingerprint density at radius 1 is 1.14 bits per heavy atom. The highest BCUT2D eigenvalue weighted by Gasteiger charge is 2.14. The standard InChI is InChI=1S/C13H11ClN2O4S/c14-9-7-8(13(17)18)5-6-10(9)16-11-3-1-2-4-12(11)21(15,19)20/h1-7,16H,(H,17,18)(H2,15,19,20). The van der Waals surface area contributed by atoms with Gasteiger partial charge in [-0.1, -0.05) is 23.7 Å². The summed E-state index contributed by atoms with van der Waals surface area (Å²) in [6.45, 7) is 0.